The molecule has 1 unspecified atom stereocenters. The lowest BCUT2D eigenvalue weighted by molar-refractivity contribution is -0.166. The Kier molecular flexibility index (Phi) is 3.79. The van der Waals surface area contributed by atoms with Crippen LogP contribution in [0, 0.1) is 0 Å². The maximum Gasteiger partial charge on any atom is 0.255 e. The van der Waals surface area contributed by atoms with Crippen LogP contribution in [0.2, 0.25) is 0 Å². The van der Waals surface area contributed by atoms with Gasteiger partial charge in [0.2, 0.25) is 5.91 Å². The number of hydrogen-bond acceptors (Lipinski definition) is 3. The van der Waals surface area contributed by atoms with Gasteiger partial charge in [-0.05, 0) is 37.5 Å². The number of ether oxygens (including phenoxy) is 1. The Bertz CT molecular complexity index is 1230. The maximum atomic E-state index is 13.8. The van der Waals surface area contributed by atoms with E-state index in [0.717, 1.165) is 46.3 Å². The van der Waals surface area contributed by atoms with Crippen molar-refractivity contribution in [3.8, 4) is 5.75 Å². The predicted octanol–water partition coefficient (Wildman–Crippen LogP) is 3.37. The van der Waals surface area contributed by atoms with Gasteiger partial charge in [-0.3, -0.25) is 9.59 Å². The summed E-state index contributed by atoms with van der Waals surface area (Å²) in [5, 5.41) is 1.10. The minimum atomic E-state index is -1.02. The Labute approximate surface area is 180 Å². The molecule has 0 spiro atoms. The van der Waals surface area contributed by atoms with Gasteiger partial charge in [0.25, 0.3) is 5.91 Å². The Morgan fingerprint density at radius 1 is 1.06 bits per heavy atom. The lowest BCUT2D eigenvalue weighted by Gasteiger charge is -2.51. The second kappa shape index (κ2) is 6.36. The van der Waals surface area contributed by atoms with Crippen LogP contribution in [-0.2, 0) is 15.1 Å². The summed E-state index contributed by atoms with van der Waals surface area (Å²) in [5.74, 6) is 0.751. The van der Waals surface area contributed by atoms with Crippen molar-refractivity contribution in [3.63, 3.8) is 0 Å². The van der Waals surface area contributed by atoms with Gasteiger partial charge in [0.05, 0.1) is 12.8 Å². The molecule has 2 aromatic carbocycles. The van der Waals surface area contributed by atoms with Crippen LogP contribution in [0.3, 0.4) is 0 Å². The van der Waals surface area contributed by atoms with Crippen LogP contribution in [0.5, 0.6) is 5.75 Å². The first-order valence-electron chi connectivity index (χ1n) is 10.9. The molecule has 2 atom stereocenters. The molecule has 1 aromatic heterocycles. The number of fused-ring (bicyclic) bond motifs is 5. The Balaban J connectivity index is 1.62. The van der Waals surface area contributed by atoms with E-state index >= 15 is 0 Å². The van der Waals surface area contributed by atoms with Crippen molar-refractivity contribution in [3.05, 3.63) is 65.4 Å². The van der Waals surface area contributed by atoms with Crippen LogP contribution in [0.25, 0.3) is 10.9 Å². The average molecular weight is 415 g/mol. The number of piperazine rings is 1. The minimum Gasteiger partial charge on any atom is -0.496 e. The third kappa shape index (κ3) is 2.44. The highest BCUT2D eigenvalue weighted by Crippen LogP contribution is 2.50. The number of H-pyrrole nitrogens is 1. The molecule has 3 aromatic rings. The Morgan fingerprint density at radius 3 is 2.58 bits per heavy atom. The minimum absolute atomic E-state index is 0.0122. The molecule has 6 rings (SSSR count). The molecule has 1 saturated heterocycles. The number of aromatic amines is 1. The van der Waals surface area contributed by atoms with E-state index in [1.54, 1.807) is 16.9 Å². The highest BCUT2D eigenvalue weighted by atomic mass is 16.5. The quantitative estimate of drug-likeness (QED) is 0.713. The van der Waals surface area contributed by atoms with Gasteiger partial charge in [-0.1, -0.05) is 36.4 Å². The second-order valence-electron chi connectivity index (χ2n) is 8.99. The summed E-state index contributed by atoms with van der Waals surface area (Å²) in [6, 6.07) is 16.3. The Hall–Kier alpha value is -3.28. The smallest absolute Gasteiger partial charge is 0.255 e. The van der Waals surface area contributed by atoms with Crippen LogP contribution in [-0.4, -0.2) is 52.8 Å². The zero-order valence-electron chi connectivity index (χ0n) is 17.7. The first kappa shape index (κ1) is 18.5. The summed E-state index contributed by atoms with van der Waals surface area (Å²) in [4.78, 5) is 34.3. The van der Waals surface area contributed by atoms with Crippen LogP contribution < -0.4 is 4.74 Å². The maximum absolute atomic E-state index is 13.8. The molecule has 6 heteroatoms. The zero-order chi connectivity index (χ0) is 21.3. The van der Waals surface area contributed by atoms with Crippen molar-refractivity contribution in [1.29, 1.82) is 0 Å². The fourth-order valence-corrected chi connectivity index (χ4v) is 5.55. The topological polar surface area (TPSA) is 65.6 Å². The number of amides is 2. The molecule has 2 amide bonds. The van der Waals surface area contributed by atoms with Gasteiger partial charge in [0.15, 0.2) is 5.54 Å². The molecule has 1 N–H and O–H groups in total. The predicted molar refractivity (Wildman–Crippen MR) is 117 cm³/mol. The summed E-state index contributed by atoms with van der Waals surface area (Å²) in [6.07, 6.45) is 1.97. The van der Waals surface area contributed by atoms with E-state index in [1.807, 2.05) is 43.3 Å². The molecule has 1 aliphatic carbocycles. The number of hydrogen-bond donors (Lipinski definition) is 1. The van der Waals surface area contributed by atoms with Gasteiger partial charge < -0.3 is 19.5 Å². The summed E-state index contributed by atoms with van der Waals surface area (Å²) in [5.41, 5.74) is 2.92. The average Bonchev–Trinajstić information content (AvgIpc) is 3.56. The molecule has 0 radical (unpaired) electrons. The van der Waals surface area contributed by atoms with Crippen molar-refractivity contribution in [2.45, 2.75) is 37.3 Å². The summed E-state index contributed by atoms with van der Waals surface area (Å²) >= 11 is 0. The molecule has 2 fully saturated rings. The fraction of sp³-hybridized carbons (Fsp3) is 0.360. The standard InChI is InChI=1S/C25H25N3O3/c1-25-23-22(17-8-3-5-9-19(17)26-23)18(16-7-4-6-10-20(16)31-2)13-28(25)21(29)14-27(24(25)30)15-11-12-15/h3-10,15,18,26H,11-14H2,1-2H3/t18?,25-/m0/s1. The molecular formula is C25H25N3O3. The SMILES string of the molecule is COc1ccccc1C1CN2C(=O)CN(C3CC3)C(=O)[C@]2(C)c2[nH]c3ccccc3c21. The third-order valence-electron chi connectivity index (χ3n) is 7.27. The lowest BCUT2D eigenvalue weighted by Crippen LogP contribution is -2.67. The van der Waals surface area contributed by atoms with E-state index in [4.69, 9.17) is 4.74 Å². The summed E-state index contributed by atoms with van der Waals surface area (Å²) in [6.45, 7) is 2.54. The van der Waals surface area contributed by atoms with Crippen molar-refractivity contribution < 1.29 is 14.3 Å². The summed E-state index contributed by atoms with van der Waals surface area (Å²) in [7, 11) is 1.67. The van der Waals surface area contributed by atoms with E-state index in [9.17, 15) is 9.59 Å². The molecule has 0 bridgehead atoms. The Morgan fingerprint density at radius 2 is 1.81 bits per heavy atom. The number of methoxy groups -OCH3 is 1. The molecule has 31 heavy (non-hydrogen) atoms. The van der Waals surface area contributed by atoms with Gasteiger partial charge in [-0.15, -0.1) is 0 Å². The molecule has 158 valence electrons. The number of para-hydroxylation sites is 2. The van der Waals surface area contributed by atoms with Crippen molar-refractivity contribution >= 4 is 22.7 Å². The van der Waals surface area contributed by atoms with E-state index in [-0.39, 0.29) is 30.3 Å². The molecule has 3 heterocycles. The van der Waals surface area contributed by atoms with E-state index in [1.165, 1.54) is 0 Å². The molecule has 3 aliphatic rings. The van der Waals surface area contributed by atoms with Crippen LogP contribution in [0.15, 0.2) is 48.5 Å². The molecule has 1 saturated carbocycles. The zero-order valence-corrected chi connectivity index (χ0v) is 17.7. The van der Waals surface area contributed by atoms with Crippen LogP contribution >= 0.6 is 0 Å². The van der Waals surface area contributed by atoms with Crippen LogP contribution in [0.1, 0.15) is 42.5 Å². The van der Waals surface area contributed by atoms with E-state index < -0.39 is 5.54 Å². The van der Waals surface area contributed by atoms with Crippen molar-refractivity contribution in [2.24, 2.45) is 0 Å². The van der Waals surface area contributed by atoms with E-state index in [2.05, 4.69) is 17.1 Å². The highest BCUT2D eigenvalue weighted by molar-refractivity contribution is 6.01. The number of benzene rings is 2. The van der Waals surface area contributed by atoms with Gasteiger partial charge in [0.1, 0.15) is 12.3 Å². The van der Waals surface area contributed by atoms with Crippen molar-refractivity contribution in [2.75, 3.05) is 20.2 Å². The fourth-order valence-electron chi connectivity index (χ4n) is 5.55. The first-order valence-corrected chi connectivity index (χ1v) is 10.9. The summed E-state index contributed by atoms with van der Waals surface area (Å²) < 4.78 is 5.68. The van der Waals surface area contributed by atoms with Gasteiger partial charge in [-0.25, -0.2) is 0 Å². The second-order valence-corrected chi connectivity index (χ2v) is 8.99. The number of rotatable bonds is 3. The normalized spacial score (nSPS) is 25.5. The van der Waals surface area contributed by atoms with Gasteiger partial charge in [-0.2, -0.15) is 0 Å². The number of carbonyl (C=O) groups is 2. The van der Waals surface area contributed by atoms with Crippen molar-refractivity contribution in [1.82, 2.24) is 14.8 Å². The third-order valence-corrected chi connectivity index (χ3v) is 7.27. The monoisotopic (exact) mass is 415 g/mol. The van der Waals surface area contributed by atoms with Gasteiger partial charge in [0, 0.05) is 35.0 Å². The largest absolute Gasteiger partial charge is 0.496 e. The first-order chi connectivity index (χ1) is 15.0. The highest BCUT2D eigenvalue weighted by Gasteiger charge is 2.58. The van der Waals surface area contributed by atoms with Crippen LogP contribution in [0.4, 0.5) is 0 Å². The van der Waals surface area contributed by atoms with E-state index in [0.29, 0.717) is 6.54 Å². The number of carbonyl (C=O) groups excluding carboxylic acids is 2. The number of aromatic nitrogens is 1. The molecular weight excluding hydrogens is 390 g/mol. The molecule has 2 aliphatic heterocycles. The lowest BCUT2D eigenvalue weighted by atomic mass is 9.76. The number of nitrogens with zero attached hydrogens (tertiary/aromatic N) is 2. The molecule has 6 nitrogen and oxygen atoms in total. The number of nitrogens with one attached hydrogen (secondary N) is 1. The van der Waals surface area contributed by atoms with Gasteiger partial charge >= 0.3 is 0 Å².